The maximum absolute atomic E-state index is 5.80. The maximum Gasteiger partial charge on any atom is 0.224 e. The predicted molar refractivity (Wildman–Crippen MR) is 87.7 cm³/mol. The molecular formula is C16H21ClN4. The molecule has 0 fully saturated rings. The highest BCUT2D eigenvalue weighted by Crippen LogP contribution is 2.12. The van der Waals surface area contributed by atoms with Gasteiger partial charge in [-0.05, 0) is 44.1 Å². The highest BCUT2D eigenvalue weighted by atomic mass is 35.5. The largest absolute Gasteiger partial charge is 0.370 e. The zero-order chi connectivity index (χ0) is 15.1. The maximum atomic E-state index is 5.80. The minimum absolute atomic E-state index is 0.282. The normalized spacial score (nSPS) is 10.9. The van der Waals surface area contributed by atoms with Crippen molar-refractivity contribution in [2.45, 2.75) is 19.9 Å². The van der Waals surface area contributed by atoms with Crippen molar-refractivity contribution in [2.24, 2.45) is 0 Å². The summed E-state index contributed by atoms with van der Waals surface area (Å²) in [7, 11) is 2.14. The Morgan fingerprint density at radius 3 is 2.76 bits per heavy atom. The van der Waals surface area contributed by atoms with Crippen LogP contribution in [0.5, 0.6) is 0 Å². The van der Waals surface area contributed by atoms with Crippen LogP contribution in [-0.2, 0) is 6.54 Å². The molecule has 2 aromatic rings. The summed E-state index contributed by atoms with van der Waals surface area (Å²) in [6.07, 6.45) is 2.78. The summed E-state index contributed by atoms with van der Waals surface area (Å²) < 4.78 is 0. The molecule has 0 unspecified atom stereocenters. The molecule has 2 rings (SSSR count). The monoisotopic (exact) mass is 304 g/mol. The van der Waals surface area contributed by atoms with Crippen LogP contribution in [0.1, 0.15) is 17.5 Å². The van der Waals surface area contributed by atoms with E-state index >= 15 is 0 Å². The molecule has 0 radical (unpaired) electrons. The molecule has 0 aliphatic rings. The lowest BCUT2D eigenvalue weighted by Crippen LogP contribution is -2.21. The van der Waals surface area contributed by atoms with Gasteiger partial charge >= 0.3 is 0 Å². The third-order valence-corrected chi connectivity index (χ3v) is 3.43. The van der Waals surface area contributed by atoms with Crippen LogP contribution >= 0.6 is 11.6 Å². The Balaban J connectivity index is 1.71. The first-order valence-corrected chi connectivity index (χ1v) is 7.48. The van der Waals surface area contributed by atoms with Gasteiger partial charge in [-0.15, -0.1) is 0 Å². The van der Waals surface area contributed by atoms with Crippen molar-refractivity contribution in [2.75, 3.05) is 25.5 Å². The summed E-state index contributed by atoms with van der Waals surface area (Å²) in [5.41, 5.74) is 2.35. The SMILES string of the molecule is Cc1cnc(Cl)nc1NCCCN(C)Cc1ccccc1. The van der Waals surface area contributed by atoms with Crippen LogP contribution in [0.4, 0.5) is 5.82 Å². The Kier molecular flexibility index (Phi) is 5.96. The van der Waals surface area contributed by atoms with E-state index in [1.165, 1.54) is 5.56 Å². The van der Waals surface area contributed by atoms with E-state index in [1.54, 1.807) is 6.20 Å². The highest BCUT2D eigenvalue weighted by Gasteiger charge is 2.03. The van der Waals surface area contributed by atoms with Gasteiger partial charge in [0.1, 0.15) is 5.82 Å². The number of hydrogen-bond donors (Lipinski definition) is 1. The summed E-state index contributed by atoms with van der Waals surface area (Å²) >= 11 is 5.80. The minimum atomic E-state index is 0.282. The fourth-order valence-corrected chi connectivity index (χ4v) is 2.26. The molecule has 1 heterocycles. The quantitative estimate of drug-likeness (QED) is 0.629. The first kappa shape index (κ1) is 15.7. The number of anilines is 1. The van der Waals surface area contributed by atoms with E-state index in [0.29, 0.717) is 0 Å². The van der Waals surface area contributed by atoms with Gasteiger partial charge in [0.05, 0.1) is 0 Å². The van der Waals surface area contributed by atoms with Crippen molar-refractivity contribution in [1.29, 1.82) is 0 Å². The standard InChI is InChI=1S/C16H21ClN4/c1-13-11-19-16(17)20-15(13)18-9-6-10-21(2)12-14-7-4-3-5-8-14/h3-5,7-8,11H,6,9-10,12H2,1-2H3,(H,18,19,20). The summed E-state index contributed by atoms with van der Waals surface area (Å²) in [5.74, 6) is 0.820. The summed E-state index contributed by atoms with van der Waals surface area (Å²) in [5, 5.41) is 3.59. The van der Waals surface area contributed by atoms with E-state index in [-0.39, 0.29) is 5.28 Å². The lowest BCUT2D eigenvalue weighted by molar-refractivity contribution is 0.325. The second-order valence-electron chi connectivity index (χ2n) is 5.17. The first-order chi connectivity index (χ1) is 10.1. The molecule has 0 saturated heterocycles. The summed E-state index contributed by atoms with van der Waals surface area (Å²) in [4.78, 5) is 10.5. The average molecular weight is 305 g/mol. The van der Waals surface area contributed by atoms with Gasteiger partial charge in [0.25, 0.3) is 0 Å². The van der Waals surface area contributed by atoms with Gasteiger partial charge in [-0.3, -0.25) is 0 Å². The Morgan fingerprint density at radius 2 is 2.00 bits per heavy atom. The lowest BCUT2D eigenvalue weighted by atomic mass is 10.2. The summed E-state index contributed by atoms with van der Waals surface area (Å²) in [6, 6.07) is 10.5. The van der Waals surface area contributed by atoms with Crippen molar-refractivity contribution >= 4 is 17.4 Å². The van der Waals surface area contributed by atoms with Gasteiger partial charge < -0.3 is 10.2 Å². The molecular weight excluding hydrogens is 284 g/mol. The van der Waals surface area contributed by atoms with E-state index < -0.39 is 0 Å². The second-order valence-corrected chi connectivity index (χ2v) is 5.51. The Morgan fingerprint density at radius 1 is 1.24 bits per heavy atom. The average Bonchev–Trinajstić information content (AvgIpc) is 2.48. The van der Waals surface area contributed by atoms with Crippen molar-refractivity contribution in [3.05, 3.63) is 52.9 Å². The van der Waals surface area contributed by atoms with E-state index in [4.69, 9.17) is 11.6 Å². The van der Waals surface area contributed by atoms with E-state index in [0.717, 1.165) is 37.4 Å². The highest BCUT2D eigenvalue weighted by molar-refractivity contribution is 6.28. The first-order valence-electron chi connectivity index (χ1n) is 7.10. The van der Waals surface area contributed by atoms with Gasteiger partial charge in [0.2, 0.25) is 5.28 Å². The van der Waals surface area contributed by atoms with E-state index in [1.807, 2.05) is 13.0 Å². The molecule has 1 N–H and O–H groups in total. The Hall–Kier alpha value is -1.65. The zero-order valence-electron chi connectivity index (χ0n) is 12.5. The molecule has 1 aromatic carbocycles. The van der Waals surface area contributed by atoms with Crippen LogP contribution in [0.3, 0.4) is 0 Å². The second kappa shape index (κ2) is 7.96. The van der Waals surface area contributed by atoms with Crippen molar-refractivity contribution < 1.29 is 0 Å². The number of hydrogen-bond acceptors (Lipinski definition) is 4. The van der Waals surface area contributed by atoms with E-state index in [2.05, 4.69) is 51.5 Å². The number of halogens is 1. The van der Waals surface area contributed by atoms with Crippen LogP contribution < -0.4 is 5.32 Å². The predicted octanol–water partition coefficient (Wildman–Crippen LogP) is 3.37. The van der Waals surface area contributed by atoms with Crippen LogP contribution in [0, 0.1) is 6.92 Å². The van der Waals surface area contributed by atoms with Gasteiger partial charge in [-0.1, -0.05) is 30.3 Å². The molecule has 0 aliphatic heterocycles. The zero-order valence-corrected chi connectivity index (χ0v) is 13.3. The number of rotatable bonds is 7. The van der Waals surface area contributed by atoms with Crippen LogP contribution in [0.2, 0.25) is 5.28 Å². The molecule has 0 aliphatic carbocycles. The lowest BCUT2D eigenvalue weighted by Gasteiger charge is -2.17. The topological polar surface area (TPSA) is 41.1 Å². The van der Waals surface area contributed by atoms with Crippen LogP contribution in [0.25, 0.3) is 0 Å². The molecule has 0 bridgehead atoms. The van der Waals surface area contributed by atoms with Gasteiger partial charge in [0.15, 0.2) is 0 Å². The molecule has 21 heavy (non-hydrogen) atoms. The smallest absolute Gasteiger partial charge is 0.224 e. The fourth-order valence-electron chi connectivity index (χ4n) is 2.13. The number of benzene rings is 1. The van der Waals surface area contributed by atoms with Crippen molar-refractivity contribution in [1.82, 2.24) is 14.9 Å². The molecule has 5 heteroatoms. The molecule has 0 atom stereocenters. The molecule has 0 saturated carbocycles. The third-order valence-electron chi connectivity index (χ3n) is 3.25. The van der Waals surface area contributed by atoms with Gasteiger partial charge in [-0.25, -0.2) is 9.97 Å². The third kappa shape index (κ3) is 5.33. The van der Waals surface area contributed by atoms with Gasteiger partial charge in [0, 0.05) is 24.8 Å². The number of aromatic nitrogens is 2. The fraction of sp³-hybridized carbons (Fsp3) is 0.375. The molecule has 4 nitrogen and oxygen atoms in total. The molecule has 0 spiro atoms. The molecule has 0 amide bonds. The Labute approximate surface area is 131 Å². The van der Waals surface area contributed by atoms with Crippen LogP contribution in [0.15, 0.2) is 36.5 Å². The van der Waals surface area contributed by atoms with E-state index in [9.17, 15) is 0 Å². The number of nitrogens with zero attached hydrogens (tertiary/aromatic N) is 3. The van der Waals surface area contributed by atoms with Gasteiger partial charge in [-0.2, -0.15) is 0 Å². The summed E-state index contributed by atoms with van der Waals surface area (Å²) in [6.45, 7) is 4.84. The molecule has 112 valence electrons. The molecule has 1 aromatic heterocycles. The van der Waals surface area contributed by atoms with Crippen LogP contribution in [-0.4, -0.2) is 35.0 Å². The van der Waals surface area contributed by atoms with Crippen molar-refractivity contribution in [3.63, 3.8) is 0 Å². The number of aryl methyl sites for hydroxylation is 1. The minimum Gasteiger partial charge on any atom is -0.370 e. The Bertz CT molecular complexity index is 559. The number of nitrogens with one attached hydrogen (secondary N) is 1. The van der Waals surface area contributed by atoms with Crippen molar-refractivity contribution in [3.8, 4) is 0 Å².